The Morgan fingerprint density at radius 1 is 1.86 bits per heavy atom. The fraction of sp³-hybridized carbons (Fsp3) is 0.667. The number of carbonyl (C=O) groups is 1. The van der Waals surface area contributed by atoms with E-state index < -0.39 is 5.97 Å². The predicted octanol–water partition coefficient (Wildman–Crippen LogP) is 0.869. The van der Waals surface area contributed by atoms with E-state index in [1.807, 2.05) is 0 Å². The van der Waals surface area contributed by atoms with Gasteiger partial charge < -0.3 is 5.11 Å². The van der Waals surface area contributed by atoms with E-state index in [9.17, 15) is 4.79 Å². The Kier molecular flexibility index (Phi) is 4.15. The molecule has 0 aliphatic rings. The van der Waals surface area contributed by atoms with Gasteiger partial charge in [-0.25, -0.2) is 0 Å². The summed E-state index contributed by atoms with van der Waals surface area (Å²) in [4.78, 5) is 9.71. The van der Waals surface area contributed by atoms with Gasteiger partial charge in [-0.1, -0.05) is 11.8 Å². The van der Waals surface area contributed by atoms with E-state index in [1.54, 1.807) is 0 Å². The lowest BCUT2D eigenvalue weighted by Crippen LogP contribution is -1.93. The van der Waals surface area contributed by atoms with Crippen molar-refractivity contribution in [3.63, 3.8) is 0 Å². The normalized spacial score (nSPS) is 9.14. The van der Waals surface area contributed by atoms with Crippen LogP contribution in [-0.2, 0) is 16.6 Å². The molecule has 0 amide bonds. The minimum Gasteiger partial charge on any atom is -0.481 e. The molecule has 0 heterocycles. The molecule has 0 aromatic carbocycles. The van der Waals surface area contributed by atoms with Crippen LogP contribution in [-0.4, -0.2) is 17.2 Å². The van der Waals surface area contributed by atoms with Crippen molar-refractivity contribution in [1.29, 1.82) is 0 Å². The molecule has 0 fully saturated rings. The third-order valence-corrected chi connectivity index (χ3v) is 1.37. The molecular formula is C3H5O2PS. The van der Waals surface area contributed by atoms with Gasteiger partial charge in [0, 0.05) is 6.16 Å². The molecule has 0 aromatic rings. The van der Waals surface area contributed by atoms with E-state index in [2.05, 4.69) is 11.8 Å². The lowest BCUT2D eigenvalue weighted by molar-refractivity contribution is -0.136. The lowest BCUT2D eigenvalue weighted by Gasteiger charge is -1.80. The Hall–Kier alpha value is -0.0100. The van der Waals surface area contributed by atoms with Crippen molar-refractivity contribution >= 4 is 25.1 Å². The fourth-order valence-electron chi connectivity index (χ4n) is 0.141. The van der Waals surface area contributed by atoms with Crippen molar-refractivity contribution < 1.29 is 9.90 Å². The summed E-state index contributed by atoms with van der Waals surface area (Å²) in [5.41, 5.74) is 0. The molecule has 0 aliphatic carbocycles. The molecule has 0 atom stereocenters. The summed E-state index contributed by atoms with van der Waals surface area (Å²) in [5.74, 6) is -0.766. The van der Waals surface area contributed by atoms with Crippen LogP contribution in [0.2, 0.25) is 0 Å². The molecule has 0 bridgehead atoms. The fourth-order valence-corrected chi connectivity index (χ4v) is 0.698. The van der Waals surface area contributed by atoms with Crippen molar-refractivity contribution in [3.05, 3.63) is 0 Å². The van der Waals surface area contributed by atoms with E-state index in [4.69, 9.17) is 5.11 Å². The Labute approximate surface area is 48.4 Å². The van der Waals surface area contributed by atoms with Crippen molar-refractivity contribution in [2.24, 2.45) is 0 Å². The molecule has 0 rings (SSSR count). The molecule has 1 N–H and O–H groups in total. The van der Waals surface area contributed by atoms with Crippen LogP contribution in [0.25, 0.3) is 0 Å². The smallest absolute Gasteiger partial charge is 0.304 e. The highest BCUT2D eigenvalue weighted by Gasteiger charge is 1.90. The van der Waals surface area contributed by atoms with Crippen LogP contribution in [0.15, 0.2) is 0 Å². The zero-order valence-electron chi connectivity index (χ0n) is 3.63. The zero-order chi connectivity index (χ0) is 5.70. The molecule has 0 spiro atoms. The highest BCUT2D eigenvalue weighted by atomic mass is 32.4. The highest BCUT2D eigenvalue weighted by Crippen LogP contribution is 1.93. The molecule has 0 radical (unpaired) electrons. The van der Waals surface area contributed by atoms with E-state index in [-0.39, 0.29) is 6.42 Å². The Morgan fingerprint density at radius 2 is 2.43 bits per heavy atom. The topological polar surface area (TPSA) is 37.3 Å². The molecule has 0 saturated carbocycles. The number of carboxylic acid groups (broad SMARTS) is 1. The van der Waals surface area contributed by atoms with Crippen LogP contribution in [0.5, 0.6) is 0 Å². The van der Waals surface area contributed by atoms with Gasteiger partial charge in [-0.2, -0.15) is 0 Å². The van der Waals surface area contributed by atoms with Gasteiger partial charge in [-0.15, -0.1) is 0 Å². The number of hydrogen-bond acceptors (Lipinski definition) is 2. The molecule has 2 nitrogen and oxygen atoms in total. The summed E-state index contributed by atoms with van der Waals surface area (Å²) in [6.45, 7) is 0. The predicted molar refractivity (Wildman–Crippen MR) is 31.4 cm³/mol. The van der Waals surface area contributed by atoms with Gasteiger partial charge in [-0.3, -0.25) is 4.79 Å². The first-order chi connectivity index (χ1) is 3.27. The van der Waals surface area contributed by atoms with Crippen LogP contribution in [0, 0.1) is 0 Å². The van der Waals surface area contributed by atoms with Crippen molar-refractivity contribution in [1.82, 2.24) is 0 Å². The van der Waals surface area contributed by atoms with Crippen LogP contribution < -0.4 is 0 Å². The Balaban J connectivity index is 2.97. The van der Waals surface area contributed by atoms with Crippen LogP contribution in [0.4, 0.5) is 0 Å². The molecule has 40 valence electrons. The maximum atomic E-state index is 9.71. The number of aliphatic carboxylic acids is 1. The standard InChI is InChI=1S/C3H5O2PS/c4-3(5)1-2-6-7/h1-2H2,(H,4,5). The van der Waals surface area contributed by atoms with Gasteiger partial charge in [0.1, 0.15) is 0 Å². The molecule has 0 aromatic heterocycles. The van der Waals surface area contributed by atoms with Crippen LogP contribution in [0.1, 0.15) is 6.42 Å². The quantitative estimate of drug-likeness (QED) is 0.585. The van der Waals surface area contributed by atoms with Crippen molar-refractivity contribution in [2.75, 3.05) is 6.16 Å². The molecule has 7 heavy (non-hydrogen) atoms. The lowest BCUT2D eigenvalue weighted by atomic mass is 10.5. The summed E-state index contributed by atoms with van der Waals surface area (Å²) in [6.07, 6.45) is 0.787. The molecular weight excluding hydrogens is 131 g/mol. The largest absolute Gasteiger partial charge is 0.481 e. The average Bonchev–Trinajstić information content (AvgIpc) is 1.61. The second-order valence-corrected chi connectivity index (χ2v) is 2.48. The first-order valence-corrected chi connectivity index (χ1v) is 3.87. The van der Waals surface area contributed by atoms with Gasteiger partial charge in [0.25, 0.3) is 0 Å². The molecule has 0 saturated heterocycles. The van der Waals surface area contributed by atoms with E-state index in [0.29, 0.717) is 6.16 Å². The summed E-state index contributed by atoms with van der Waals surface area (Å²) in [5, 5.41) is 7.99. The molecule has 0 unspecified atom stereocenters. The third kappa shape index (κ3) is 5.99. The van der Waals surface area contributed by atoms with Crippen LogP contribution >= 0.6 is 7.36 Å². The zero-order valence-corrected chi connectivity index (χ0v) is 5.34. The summed E-state index contributed by atoms with van der Waals surface area (Å²) in [6, 6.07) is 0. The molecule has 4 heteroatoms. The van der Waals surface area contributed by atoms with Gasteiger partial charge in [0.15, 0.2) is 0 Å². The van der Waals surface area contributed by atoms with Crippen LogP contribution in [0.3, 0.4) is 0 Å². The summed E-state index contributed by atoms with van der Waals surface area (Å²) < 4.78 is 0. The van der Waals surface area contributed by atoms with Gasteiger partial charge in [0.2, 0.25) is 0 Å². The highest BCUT2D eigenvalue weighted by molar-refractivity contribution is 7.96. The molecule has 0 aliphatic heterocycles. The minimum absolute atomic E-state index is 0.199. The second kappa shape index (κ2) is 4.16. The Bertz CT molecular complexity index is 83.0. The first kappa shape index (κ1) is 6.99. The van der Waals surface area contributed by atoms with E-state index in [1.165, 1.54) is 0 Å². The van der Waals surface area contributed by atoms with Crippen molar-refractivity contribution in [2.45, 2.75) is 6.42 Å². The van der Waals surface area contributed by atoms with E-state index >= 15 is 0 Å². The maximum Gasteiger partial charge on any atom is 0.304 e. The van der Waals surface area contributed by atoms with E-state index in [0.717, 1.165) is 7.36 Å². The number of hydrogen-bond donors (Lipinski definition) is 1. The maximum absolute atomic E-state index is 9.71. The monoisotopic (exact) mass is 136 g/mol. The summed E-state index contributed by atoms with van der Waals surface area (Å²) in [7, 11) is 0.743. The first-order valence-electron chi connectivity index (χ1n) is 1.78. The third-order valence-electron chi connectivity index (χ3n) is 0.417. The van der Waals surface area contributed by atoms with Gasteiger partial charge >= 0.3 is 5.97 Å². The Morgan fingerprint density at radius 3 is 2.57 bits per heavy atom. The van der Waals surface area contributed by atoms with Crippen molar-refractivity contribution in [3.8, 4) is 0 Å². The average molecular weight is 136 g/mol. The second-order valence-electron chi connectivity index (χ2n) is 0.996. The summed E-state index contributed by atoms with van der Waals surface area (Å²) >= 11 is 4.48. The number of carboxylic acids is 1. The number of rotatable bonds is 3. The SMILES string of the molecule is O=C(O)CCP=S. The van der Waals surface area contributed by atoms with Gasteiger partial charge in [0.05, 0.1) is 6.42 Å². The minimum atomic E-state index is -0.766. The van der Waals surface area contributed by atoms with Gasteiger partial charge in [-0.05, 0) is 7.36 Å².